The van der Waals surface area contributed by atoms with Crippen molar-refractivity contribution in [3.63, 3.8) is 0 Å². The van der Waals surface area contributed by atoms with Crippen LogP contribution in [0.1, 0.15) is 5.56 Å². The monoisotopic (exact) mass is 306 g/mol. The van der Waals surface area contributed by atoms with Crippen LogP contribution in [0.15, 0.2) is 53.4 Å². The van der Waals surface area contributed by atoms with E-state index in [1.165, 1.54) is 18.2 Å². The number of rotatable bonds is 5. The highest BCUT2D eigenvalue weighted by Crippen LogP contribution is 2.21. The number of para-hydroxylation sites is 1. The van der Waals surface area contributed by atoms with Gasteiger partial charge in [-0.25, -0.2) is 8.42 Å². The van der Waals surface area contributed by atoms with Gasteiger partial charge in [0, 0.05) is 24.9 Å². The van der Waals surface area contributed by atoms with Crippen LogP contribution in [-0.4, -0.2) is 19.6 Å². The molecule has 0 bridgehead atoms. The van der Waals surface area contributed by atoms with Crippen molar-refractivity contribution in [3.8, 4) is 0 Å². The molecule has 0 saturated heterocycles. The number of nitrogens with one attached hydrogen (secondary N) is 1. The van der Waals surface area contributed by atoms with Crippen molar-refractivity contribution in [1.82, 2.24) is 0 Å². The second kappa shape index (κ2) is 5.92. The summed E-state index contributed by atoms with van der Waals surface area (Å²) in [7, 11) is -3.31. The van der Waals surface area contributed by atoms with Gasteiger partial charge in [0.2, 0.25) is 0 Å². The summed E-state index contributed by atoms with van der Waals surface area (Å²) in [6.07, 6.45) is 1.15. The molecule has 0 saturated carbocycles. The molecule has 6 nitrogen and oxygen atoms in total. The van der Waals surface area contributed by atoms with E-state index in [0.29, 0.717) is 12.2 Å². The second-order valence-corrected chi connectivity index (χ2v) is 6.53. The van der Waals surface area contributed by atoms with E-state index < -0.39 is 14.8 Å². The summed E-state index contributed by atoms with van der Waals surface area (Å²) in [5.41, 5.74) is 1.36. The number of nitro benzene ring substituents is 1. The molecule has 0 unspecified atom stereocenters. The lowest BCUT2D eigenvalue weighted by Gasteiger charge is -2.10. The number of hydrogen-bond donors (Lipinski definition) is 1. The average molecular weight is 306 g/mol. The molecule has 0 aliphatic heterocycles. The predicted molar refractivity (Wildman–Crippen MR) is 80.0 cm³/mol. The number of non-ortho nitro benzene ring substituents is 1. The molecule has 0 aromatic heterocycles. The molecule has 0 fully saturated rings. The summed E-state index contributed by atoms with van der Waals surface area (Å²) in [6.45, 7) is 0.379. The first-order valence-electron chi connectivity index (χ1n) is 6.14. The number of nitrogens with zero attached hydrogens (tertiary/aromatic N) is 1. The second-order valence-electron chi connectivity index (χ2n) is 4.55. The zero-order chi connectivity index (χ0) is 15.5. The molecule has 7 heteroatoms. The zero-order valence-corrected chi connectivity index (χ0v) is 12.1. The number of nitro groups is 1. The Morgan fingerprint density at radius 1 is 1.10 bits per heavy atom. The maximum atomic E-state index is 11.7. The normalized spacial score (nSPS) is 11.1. The van der Waals surface area contributed by atoms with Crippen molar-refractivity contribution in [2.24, 2.45) is 0 Å². The van der Waals surface area contributed by atoms with Crippen LogP contribution in [0.3, 0.4) is 0 Å². The molecule has 0 radical (unpaired) electrons. The van der Waals surface area contributed by atoms with Crippen molar-refractivity contribution < 1.29 is 13.3 Å². The number of benzene rings is 2. The molecule has 0 aliphatic carbocycles. The number of hydrogen-bond acceptors (Lipinski definition) is 5. The standard InChI is InChI=1S/C14H14N2O4S/c1-21(19,20)14-5-3-2-4-13(14)15-10-11-6-8-12(9-7-11)16(17)18/h2-9,15H,10H2,1H3. The molecule has 21 heavy (non-hydrogen) atoms. The van der Waals surface area contributed by atoms with Crippen molar-refractivity contribution in [1.29, 1.82) is 0 Å². The van der Waals surface area contributed by atoms with Gasteiger partial charge in [0.05, 0.1) is 15.5 Å². The summed E-state index contributed by atoms with van der Waals surface area (Å²) in [5, 5.41) is 13.6. The maximum absolute atomic E-state index is 11.7. The summed E-state index contributed by atoms with van der Waals surface area (Å²) in [4.78, 5) is 10.3. The van der Waals surface area contributed by atoms with Crippen LogP contribution >= 0.6 is 0 Å². The van der Waals surface area contributed by atoms with Crippen LogP contribution in [0, 0.1) is 10.1 Å². The molecule has 0 amide bonds. The lowest BCUT2D eigenvalue weighted by atomic mass is 10.2. The first-order chi connectivity index (χ1) is 9.88. The van der Waals surface area contributed by atoms with Gasteiger partial charge < -0.3 is 5.32 Å². The van der Waals surface area contributed by atoms with Crippen LogP contribution in [0.4, 0.5) is 11.4 Å². The Bertz CT molecular complexity index is 755. The van der Waals surface area contributed by atoms with Gasteiger partial charge in [-0.3, -0.25) is 10.1 Å². The van der Waals surface area contributed by atoms with Gasteiger partial charge in [0.25, 0.3) is 5.69 Å². The van der Waals surface area contributed by atoms with Crippen LogP contribution in [0.25, 0.3) is 0 Å². The van der Waals surface area contributed by atoms with E-state index in [2.05, 4.69) is 5.32 Å². The lowest BCUT2D eigenvalue weighted by Crippen LogP contribution is -2.06. The molecule has 110 valence electrons. The Morgan fingerprint density at radius 2 is 1.71 bits per heavy atom. The van der Waals surface area contributed by atoms with E-state index in [9.17, 15) is 18.5 Å². The largest absolute Gasteiger partial charge is 0.380 e. The quantitative estimate of drug-likeness (QED) is 0.677. The molecule has 0 atom stereocenters. The third kappa shape index (κ3) is 3.79. The Balaban J connectivity index is 2.15. The van der Waals surface area contributed by atoms with E-state index in [0.717, 1.165) is 11.8 Å². The molecule has 2 aromatic rings. The van der Waals surface area contributed by atoms with E-state index in [1.54, 1.807) is 30.3 Å². The van der Waals surface area contributed by atoms with Gasteiger partial charge in [-0.15, -0.1) is 0 Å². The van der Waals surface area contributed by atoms with E-state index in [4.69, 9.17) is 0 Å². The minimum Gasteiger partial charge on any atom is -0.380 e. The lowest BCUT2D eigenvalue weighted by molar-refractivity contribution is -0.384. The van der Waals surface area contributed by atoms with Gasteiger partial charge in [0.1, 0.15) is 0 Å². The maximum Gasteiger partial charge on any atom is 0.269 e. The highest BCUT2D eigenvalue weighted by molar-refractivity contribution is 7.90. The fourth-order valence-electron chi connectivity index (χ4n) is 1.87. The summed E-state index contributed by atoms with van der Waals surface area (Å²) in [5.74, 6) is 0. The van der Waals surface area contributed by atoms with E-state index >= 15 is 0 Å². The van der Waals surface area contributed by atoms with Gasteiger partial charge in [0.15, 0.2) is 9.84 Å². The van der Waals surface area contributed by atoms with E-state index in [-0.39, 0.29) is 10.6 Å². The average Bonchev–Trinajstić information content (AvgIpc) is 2.45. The predicted octanol–water partition coefficient (Wildman–Crippen LogP) is 2.61. The van der Waals surface area contributed by atoms with E-state index in [1.807, 2.05) is 0 Å². The molecular formula is C14H14N2O4S. The Morgan fingerprint density at radius 3 is 2.29 bits per heavy atom. The summed E-state index contributed by atoms with van der Waals surface area (Å²) >= 11 is 0. The van der Waals surface area contributed by atoms with Crippen LogP contribution in [0.5, 0.6) is 0 Å². The summed E-state index contributed by atoms with van der Waals surface area (Å²) in [6, 6.07) is 12.7. The van der Waals surface area contributed by atoms with Crippen LogP contribution < -0.4 is 5.32 Å². The van der Waals surface area contributed by atoms with Gasteiger partial charge >= 0.3 is 0 Å². The van der Waals surface area contributed by atoms with Crippen molar-refractivity contribution >= 4 is 21.2 Å². The van der Waals surface area contributed by atoms with Crippen molar-refractivity contribution in [2.45, 2.75) is 11.4 Å². The third-order valence-corrected chi connectivity index (χ3v) is 4.07. The van der Waals surface area contributed by atoms with Gasteiger partial charge in [-0.2, -0.15) is 0 Å². The smallest absolute Gasteiger partial charge is 0.269 e. The minimum absolute atomic E-state index is 0.0234. The Hall–Kier alpha value is -2.41. The van der Waals surface area contributed by atoms with Crippen LogP contribution in [0.2, 0.25) is 0 Å². The fourth-order valence-corrected chi connectivity index (χ4v) is 2.73. The topological polar surface area (TPSA) is 89.3 Å². The summed E-state index contributed by atoms with van der Waals surface area (Å²) < 4.78 is 23.3. The fraction of sp³-hybridized carbons (Fsp3) is 0.143. The molecule has 2 rings (SSSR count). The van der Waals surface area contributed by atoms with Gasteiger partial charge in [-0.1, -0.05) is 24.3 Å². The van der Waals surface area contributed by atoms with Crippen LogP contribution in [-0.2, 0) is 16.4 Å². The minimum atomic E-state index is -3.31. The Kier molecular flexibility index (Phi) is 4.23. The third-order valence-electron chi connectivity index (χ3n) is 2.92. The molecule has 0 heterocycles. The van der Waals surface area contributed by atoms with Crippen molar-refractivity contribution in [2.75, 3.05) is 11.6 Å². The van der Waals surface area contributed by atoms with Gasteiger partial charge in [-0.05, 0) is 17.7 Å². The molecule has 0 spiro atoms. The number of anilines is 1. The highest BCUT2D eigenvalue weighted by Gasteiger charge is 2.12. The molecule has 0 aliphatic rings. The Labute approximate surface area is 122 Å². The SMILES string of the molecule is CS(=O)(=O)c1ccccc1NCc1ccc([N+](=O)[O-])cc1. The first kappa shape index (κ1) is 15.0. The molecular weight excluding hydrogens is 292 g/mol. The molecule has 1 N–H and O–H groups in total. The first-order valence-corrected chi connectivity index (χ1v) is 8.03. The highest BCUT2D eigenvalue weighted by atomic mass is 32.2. The zero-order valence-electron chi connectivity index (χ0n) is 11.3. The number of sulfone groups is 1. The molecule has 2 aromatic carbocycles. The van der Waals surface area contributed by atoms with Crippen molar-refractivity contribution in [3.05, 3.63) is 64.2 Å².